The highest BCUT2D eigenvalue weighted by Crippen LogP contribution is 2.28. The van der Waals surface area contributed by atoms with Crippen LogP contribution in [0, 0.1) is 19.8 Å². The van der Waals surface area contributed by atoms with Crippen LogP contribution >= 0.6 is 12.2 Å². The van der Waals surface area contributed by atoms with E-state index in [4.69, 9.17) is 23.1 Å². The van der Waals surface area contributed by atoms with Gasteiger partial charge in [-0.1, -0.05) is 12.2 Å². The average molecular weight is 280 g/mol. The number of hydrogen-bond acceptors (Lipinski definition) is 5. The number of aryl methyl sites for hydroxylation is 1. The fourth-order valence-corrected chi connectivity index (χ4v) is 2.80. The molecule has 0 bridgehead atoms. The van der Waals surface area contributed by atoms with Gasteiger partial charge in [-0.05, 0) is 38.2 Å². The Morgan fingerprint density at radius 2 is 2.21 bits per heavy atom. The Balaban J connectivity index is 2.31. The van der Waals surface area contributed by atoms with Gasteiger partial charge in [0.05, 0.1) is 11.3 Å². The van der Waals surface area contributed by atoms with Crippen molar-refractivity contribution in [3.63, 3.8) is 0 Å². The maximum atomic E-state index is 9.02. The van der Waals surface area contributed by atoms with Crippen molar-refractivity contribution in [3.8, 4) is 0 Å². The fourth-order valence-electron chi connectivity index (χ4n) is 2.56. The maximum absolute atomic E-state index is 9.02. The zero-order chi connectivity index (χ0) is 14.0. The van der Waals surface area contributed by atoms with Gasteiger partial charge in [0, 0.05) is 19.7 Å². The molecule has 1 saturated heterocycles. The van der Waals surface area contributed by atoms with E-state index in [-0.39, 0.29) is 6.61 Å². The van der Waals surface area contributed by atoms with E-state index in [1.165, 1.54) is 0 Å². The first-order valence-corrected chi connectivity index (χ1v) is 6.95. The molecule has 1 aliphatic rings. The number of aromatic nitrogens is 2. The van der Waals surface area contributed by atoms with Crippen molar-refractivity contribution >= 4 is 23.0 Å². The zero-order valence-electron chi connectivity index (χ0n) is 11.4. The quantitative estimate of drug-likeness (QED) is 0.799. The highest BCUT2D eigenvalue weighted by molar-refractivity contribution is 7.80. The van der Waals surface area contributed by atoms with Crippen LogP contribution in [-0.4, -0.2) is 40.0 Å². The molecular formula is C13H20N4OS. The molecule has 2 heterocycles. The van der Waals surface area contributed by atoms with Crippen LogP contribution < -0.4 is 10.6 Å². The molecule has 2 rings (SSSR count). The summed E-state index contributed by atoms with van der Waals surface area (Å²) in [5.41, 5.74) is 8.54. The molecule has 0 amide bonds. The molecule has 1 aromatic rings. The second-order valence-corrected chi connectivity index (χ2v) is 5.53. The molecule has 0 saturated carbocycles. The van der Waals surface area contributed by atoms with Crippen molar-refractivity contribution in [2.24, 2.45) is 11.7 Å². The van der Waals surface area contributed by atoms with Crippen LogP contribution in [0.15, 0.2) is 0 Å². The van der Waals surface area contributed by atoms with Crippen LogP contribution in [-0.2, 0) is 0 Å². The Morgan fingerprint density at radius 1 is 1.47 bits per heavy atom. The van der Waals surface area contributed by atoms with Gasteiger partial charge in [0.25, 0.3) is 0 Å². The van der Waals surface area contributed by atoms with Crippen molar-refractivity contribution in [1.29, 1.82) is 0 Å². The molecule has 1 fully saturated rings. The largest absolute Gasteiger partial charge is 0.396 e. The lowest BCUT2D eigenvalue weighted by atomic mass is 10.1. The van der Waals surface area contributed by atoms with Crippen LogP contribution in [0.25, 0.3) is 0 Å². The summed E-state index contributed by atoms with van der Waals surface area (Å²) in [5.74, 6) is 1.30. The Kier molecular flexibility index (Phi) is 4.31. The SMILES string of the molecule is Cc1nnc(N2CCC(CCO)C2)c(C(N)=S)c1C. The van der Waals surface area contributed by atoms with E-state index in [0.717, 1.165) is 48.6 Å². The Bertz CT molecular complexity index is 492. The molecule has 104 valence electrons. The molecule has 1 unspecified atom stereocenters. The second-order valence-electron chi connectivity index (χ2n) is 5.09. The molecule has 1 aromatic heterocycles. The first-order valence-electron chi connectivity index (χ1n) is 6.54. The van der Waals surface area contributed by atoms with Gasteiger partial charge < -0.3 is 15.7 Å². The number of nitrogens with two attached hydrogens (primary N) is 1. The number of aliphatic hydroxyl groups is 1. The zero-order valence-corrected chi connectivity index (χ0v) is 12.2. The molecule has 3 N–H and O–H groups in total. The van der Waals surface area contributed by atoms with Crippen LogP contribution in [0.4, 0.5) is 5.82 Å². The molecule has 1 atom stereocenters. The second kappa shape index (κ2) is 5.79. The molecule has 0 spiro atoms. The third-order valence-electron chi connectivity index (χ3n) is 3.81. The lowest BCUT2D eigenvalue weighted by Gasteiger charge is -2.21. The monoisotopic (exact) mass is 280 g/mol. The Labute approximate surface area is 118 Å². The van der Waals surface area contributed by atoms with Gasteiger partial charge in [-0.2, -0.15) is 5.10 Å². The molecule has 5 nitrogen and oxygen atoms in total. The molecule has 0 aliphatic carbocycles. The van der Waals surface area contributed by atoms with E-state index < -0.39 is 0 Å². The van der Waals surface area contributed by atoms with E-state index >= 15 is 0 Å². The first kappa shape index (κ1) is 14.1. The Morgan fingerprint density at radius 3 is 2.84 bits per heavy atom. The number of aliphatic hydroxyl groups excluding tert-OH is 1. The van der Waals surface area contributed by atoms with E-state index in [0.29, 0.717) is 10.9 Å². The number of hydrogen-bond donors (Lipinski definition) is 2. The molecule has 19 heavy (non-hydrogen) atoms. The predicted molar refractivity (Wildman–Crippen MR) is 79.4 cm³/mol. The van der Waals surface area contributed by atoms with Gasteiger partial charge in [0.15, 0.2) is 5.82 Å². The summed E-state index contributed by atoms with van der Waals surface area (Å²) in [4.78, 5) is 2.55. The molecule has 6 heteroatoms. The molecule has 0 aromatic carbocycles. The summed E-state index contributed by atoms with van der Waals surface area (Å²) in [5, 5.41) is 17.5. The van der Waals surface area contributed by atoms with Gasteiger partial charge in [0.2, 0.25) is 0 Å². The summed E-state index contributed by atoms with van der Waals surface area (Å²) >= 11 is 5.16. The number of rotatable bonds is 4. The normalized spacial score (nSPS) is 18.9. The lowest BCUT2D eigenvalue weighted by Crippen LogP contribution is -2.27. The van der Waals surface area contributed by atoms with Crippen LogP contribution in [0.5, 0.6) is 0 Å². The number of nitrogens with zero attached hydrogens (tertiary/aromatic N) is 3. The van der Waals surface area contributed by atoms with Crippen molar-refractivity contribution in [2.75, 3.05) is 24.6 Å². The maximum Gasteiger partial charge on any atom is 0.161 e. The summed E-state index contributed by atoms with van der Waals surface area (Å²) < 4.78 is 0. The summed E-state index contributed by atoms with van der Waals surface area (Å²) in [6, 6.07) is 0. The van der Waals surface area contributed by atoms with Crippen LogP contribution in [0.1, 0.15) is 29.7 Å². The van der Waals surface area contributed by atoms with Crippen molar-refractivity contribution in [2.45, 2.75) is 26.7 Å². The van der Waals surface area contributed by atoms with E-state index in [1.807, 2.05) is 13.8 Å². The Hall–Kier alpha value is -1.27. The average Bonchev–Trinajstić information content (AvgIpc) is 2.81. The van der Waals surface area contributed by atoms with Gasteiger partial charge in [0.1, 0.15) is 4.99 Å². The smallest absolute Gasteiger partial charge is 0.161 e. The fraction of sp³-hybridized carbons (Fsp3) is 0.615. The van der Waals surface area contributed by atoms with Crippen molar-refractivity contribution < 1.29 is 5.11 Å². The predicted octanol–water partition coefficient (Wildman–Crippen LogP) is 0.936. The summed E-state index contributed by atoms with van der Waals surface area (Å²) in [7, 11) is 0. The third kappa shape index (κ3) is 2.84. The summed E-state index contributed by atoms with van der Waals surface area (Å²) in [6.07, 6.45) is 1.89. The topological polar surface area (TPSA) is 75.3 Å². The van der Waals surface area contributed by atoms with E-state index in [2.05, 4.69) is 15.1 Å². The lowest BCUT2D eigenvalue weighted by molar-refractivity contribution is 0.263. The van der Waals surface area contributed by atoms with Crippen molar-refractivity contribution in [1.82, 2.24) is 10.2 Å². The number of thiocarbonyl (C=S) groups is 1. The van der Waals surface area contributed by atoms with Crippen LogP contribution in [0.3, 0.4) is 0 Å². The van der Waals surface area contributed by atoms with Gasteiger partial charge in [-0.3, -0.25) is 0 Å². The molecule has 1 aliphatic heterocycles. The van der Waals surface area contributed by atoms with E-state index in [1.54, 1.807) is 0 Å². The third-order valence-corrected chi connectivity index (χ3v) is 4.01. The number of anilines is 1. The van der Waals surface area contributed by atoms with Gasteiger partial charge in [-0.15, -0.1) is 5.10 Å². The molecule has 0 radical (unpaired) electrons. The minimum absolute atomic E-state index is 0.235. The minimum Gasteiger partial charge on any atom is -0.396 e. The van der Waals surface area contributed by atoms with Crippen molar-refractivity contribution in [3.05, 3.63) is 16.8 Å². The highest BCUT2D eigenvalue weighted by Gasteiger charge is 2.26. The first-order chi connectivity index (χ1) is 9.04. The van der Waals surface area contributed by atoms with Gasteiger partial charge >= 0.3 is 0 Å². The van der Waals surface area contributed by atoms with Crippen LogP contribution in [0.2, 0.25) is 0 Å². The minimum atomic E-state index is 0.235. The standard InChI is InChI=1S/C13H20N4OS/c1-8-9(2)15-16-13(11(8)12(14)19)17-5-3-10(7-17)4-6-18/h10,18H,3-7H2,1-2H3,(H2,14,19). The van der Waals surface area contributed by atoms with E-state index in [9.17, 15) is 0 Å². The highest BCUT2D eigenvalue weighted by atomic mass is 32.1. The molecular weight excluding hydrogens is 260 g/mol. The summed E-state index contributed by atoms with van der Waals surface area (Å²) in [6.45, 7) is 5.92. The van der Waals surface area contributed by atoms with Gasteiger partial charge in [-0.25, -0.2) is 0 Å².